The van der Waals surface area contributed by atoms with Crippen molar-refractivity contribution in [3.8, 4) is 0 Å². The van der Waals surface area contributed by atoms with Crippen LogP contribution in [0.25, 0.3) is 0 Å². The summed E-state index contributed by atoms with van der Waals surface area (Å²) in [7, 11) is 0. The molecule has 52 valence electrons. The fraction of sp³-hybridized carbons (Fsp3) is 0.500. The van der Waals surface area contributed by atoms with Crippen LogP contribution in [0.3, 0.4) is 0 Å². The van der Waals surface area contributed by atoms with Crippen molar-refractivity contribution in [2.75, 3.05) is 5.88 Å². The molecule has 5 heteroatoms. The number of ketones is 1. The number of carboxylic acids is 1. The van der Waals surface area contributed by atoms with Crippen LogP contribution >= 0.6 is 23.2 Å². The van der Waals surface area contributed by atoms with E-state index in [1.807, 2.05) is 0 Å². The Morgan fingerprint density at radius 2 is 2.00 bits per heavy atom. The lowest BCUT2D eigenvalue weighted by Crippen LogP contribution is -2.24. The van der Waals surface area contributed by atoms with E-state index in [1.165, 1.54) is 0 Å². The lowest BCUT2D eigenvalue weighted by Gasteiger charge is -1.96. The summed E-state index contributed by atoms with van der Waals surface area (Å²) < 4.78 is 0. The highest BCUT2D eigenvalue weighted by Crippen LogP contribution is 1.98. The molecule has 0 aliphatic heterocycles. The Labute approximate surface area is 61.6 Å². The second-order valence-corrected chi connectivity index (χ2v) is 2.00. The number of carbonyl (C=O) groups excluding carboxylic acids is 1. The van der Waals surface area contributed by atoms with Crippen molar-refractivity contribution in [1.82, 2.24) is 0 Å². The molecule has 0 amide bonds. The van der Waals surface area contributed by atoms with Crippen molar-refractivity contribution in [3.63, 3.8) is 0 Å². The van der Waals surface area contributed by atoms with Crippen LogP contribution in [0.15, 0.2) is 0 Å². The van der Waals surface area contributed by atoms with Crippen LogP contribution in [0.2, 0.25) is 0 Å². The Balaban J connectivity index is 3.88. The minimum absolute atomic E-state index is 0.361. The van der Waals surface area contributed by atoms with E-state index in [0.717, 1.165) is 0 Å². The Morgan fingerprint density at radius 3 is 2.11 bits per heavy atom. The van der Waals surface area contributed by atoms with E-state index in [4.69, 9.17) is 28.3 Å². The second-order valence-electron chi connectivity index (χ2n) is 1.30. The SMILES string of the molecule is O=C(O)C(Cl)C(=O)CCl. The first kappa shape index (κ1) is 8.72. The van der Waals surface area contributed by atoms with E-state index in [9.17, 15) is 9.59 Å². The van der Waals surface area contributed by atoms with Crippen molar-refractivity contribution >= 4 is 35.0 Å². The zero-order valence-corrected chi connectivity index (χ0v) is 5.82. The van der Waals surface area contributed by atoms with Crippen molar-refractivity contribution < 1.29 is 14.7 Å². The Morgan fingerprint density at radius 1 is 1.56 bits per heavy atom. The molecule has 0 bridgehead atoms. The molecule has 0 fully saturated rings. The summed E-state index contributed by atoms with van der Waals surface area (Å²) in [6.07, 6.45) is 0. The number of carboxylic acid groups (broad SMARTS) is 1. The van der Waals surface area contributed by atoms with Gasteiger partial charge in [0.05, 0.1) is 5.88 Å². The first-order valence-corrected chi connectivity index (χ1v) is 3.02. The van der Waals surface area contributed by atoms with E-state index < -0.39 is 17.1 Å². The molecule has 1 unspecified atom stereocenters. The second kappa shape index (κ2) is 3.69. The van der Waals surface area contributed by atoms with E-state index in [2.05, 4.69) is 0 Å². The highest BCUT2D eigenvalue weighted by molar-refractivity contribution is 6.45. The first-order chi connectivity index (χ1) is 4.09. The van der Waals surface area contributed by atoms with Gasteiger partial charge in [0.15, 0.2) is 11.2 Å². The average molecular weight is 171 g/mol. The number of hydrogen-bond donors (Lipinski definition) is 1. The molecule has 0 saturated carbocycles. The summed E-state index contributed by atoms with van der Waals surface area (Å²) in [4.78, 5) is 20.2. The number of hydrogen-bond acceptors (Lipinski definition) is 2. The predicted molar refractivity (Wildman–Crippen MR) is 33.0 cm³/mol. The molecule has 0 spiro atoms. The van der Waals surface area contributed by atoms with Crippen LogP contribution in [-0.2, 0) is 9.59 Å². The zero-order chi connectivity index (χ0) is 7.44. The number of rotatable bonds is 3. The van der Waals surface area contributed by atoms with Crippen LogP contribution in [0.1, 0.15) is 0 Å². The fourth-order valence-electron chi connectivity index (χ4n) is 0.205. The third-order valence-corrected chi connectivity index (χ3v) is 1.32. The minimum atomic E-state index is -1.50. The van der Waals surface area contributed by atoms with Gasteiger partial charge in [0.25, 0.3) is 0 Å². The van der Waals surface area contributed by atoms with Gasteiger partial charge in [0, 0.05) is 0 Å². The molecular weight excluding hydrogens is 167 g/mol. The van der Waals surface area contributed by atoms with Gasteiger partial charge in [-0.3, -0.25) is 9.59 Å². The molecule has 1 atom stereocenters. The average Bonchev–Trinajstić information content (AvgIpc) is 1.84. The molecule has 0 heterocycles. The quantitative estimate of drug-likeness (QED) is 0.496. The highest BCUT2D eigenvalue weighted by Gasteiger charge is 2.21. The molecule has 0 aromatic rings. The van der Waals surface area contributed by atoms with E-state index in [1.54, 1.807) is 0 Å². The van der Waals surface area contributed by atoms with Crippen LogP contribution in [0.5, 0.6) is 0 Å². The van der Waals surface area contributed by atoms with Crippen LogP contribution in [-0.4, -0.2) is 28.1 Å². The normalized spacial score (nSPS) is 12.7. The van der Waals surface area contributed by atoms with Gasteiger partial charge in [-0.2, -0.15) is 0 Å². The summed E-state index contributed by atoms with van der Waals surface area (Å²) in [5.41, 5.74) is 0. The highest BCUT2D eigenvalue weighted by atomic mass is 35.5. The maximum absolute atomic E-state index is 10.3. The van der Waals surface area contributed by atoms with Gasteiger partial charge in [-0.25, -0.2) is 0 Å². The number of halogens is 2. The molecule has 0 aromatic heterocycles. The third-order valence-electron chi connectivity index (χ3n) is 0.631. The summed E-state index contributed by atoms with van der Waals surface area (Å²) in [6.45, 7) is 0. The Kier molecular flexibility index (Phi) is 3.58. The Hall–Kier alpha value is -0.280. The zero-order valence-electron chi connectivity index (χ0n) is 4.30. The summed E-state index contributed by atoms with van der Waals surface area (Å²) in [5.74, 6) is -2.41. The standard InChI is InChI=1S/C4H4Cl2O3/c5-1-2(7)3(6)4(8)9/h3H,1H2,(H,8,9). The monoisotopic (exact) mass is 170 g/mol. The minimum Gasteiger partial charge on any atom is -0.480 e. The fourth-order valence-corrected chi connectivity index (χ4v) is 0.516. The van der Waals surface area contributed by atoms with Crippen LogP contribution in [0.4, 0.5) is 0 Å². The van der Waals surface area contributed by atoms with Gasteiger partial charge in [-0.15, -0.1) is 23.2 Å². The molecule has 3 nitrogen and oxygen atoms in total. The van der Waals surface area contributed by atoms with Gasteiger partial charge in [0.1, 0.15) is 0 Å². The number of aliphatic carboxylic acids is 1. The smallest absolute Gasteiger partial charge is 0.329 e. The summed E-state index contributed by atoms with van der Waals surface area (Å²) in [6, 6.07) is 0. The molecule has 1 N–H and O–H groups in total. The molecule has 0 aromatic carbocycles. The summed E-state index contributed by atoms with van der Waals surface area (Å²) >= 11 is 10.0. The first-order valence-electron chi connectivity index (χ1n) is 2.05. The number of Topliss-reactive ketones (excluding diaryl/α,β-unsaturated/α-hetero) is 1. The van der Waals surface area contributed by atoms with Gasteiger partial charge in [0.2, 0.25) is 0 Å². The lowest BCUT2D eigenvalue weighted by atomic mass is 10.3. The maximum atomic E-state index is 10.3. The molecule has 0 rings (SSSR count). The largest absolute Gasteiger partial charge is 0.480 e. The third kappa shape index (κ3) is 2.67. The van der Waals surface area contributed by atoms with E-state index >= 15 is 0 Å². The molecular formula is C4H4Cl2O3. The van der Waals surface area contributed by atoms with Gasteiger partial charge in [-0.05, 0) is 0 Å². The molecule has 0 aliphatic rings. The maximum Gasteiger partial charge on any atom is 0.329 e. The topological polar surface area (TPSA) is 54.4 Å². The van der Waals surface area contributed by atoms with Crippen molar-refractivity contribution in [3.05, 3.63) is 0 Å². The van der Waals surface area contributed by atoms with E-state index in [0.29, 0.717) is 0 Å². The molecule has 0 radical (unpaired) electrons. The van der Waals surface area contributed by atoms with Crippen LogP contribution in [0, 0.1) is 0 Å². The molecule has 0 aliphatic carbocycles. The Bertz CT molecular complexity index is 134. The summed E-state index contributed by atoms with van der Waals surface area (Å²) in [5, 5.41) is 6.57. The van der Waals surface area contributed by atoms with Crippen molar-refractivity contribution in [2.45, 2.75) is 5.38 Å². The van der Waals surface area contributed by atoms with Gasteiger partial charge >= 0.3 is 5.97 Å². The van der Waals surface area contributed by atoms with Crippen molar-refractivity contribution in [1.29, 1.82) is 0 Å². The molecule has 9 heavy (non-hydrogen) atoms. The molecule has 0 saturated heterocycles. The van der Waals surface area contributed by atoms with Gasteiger partial charge < -0.3 is 5.11 Å². The number of alkyl halides is 2. The van der Waals surface area contributed by atoms with Crippen LogP contribution < -0.4 is 0 Å². The van der Waals surface area contributed by atoms with Crippen molar-refractivity contribution in [2.24, 2.45) is 0 Å². The number of carbonyl (C=O) groups is 2. The van der Waals surface area contributed by atoms with Gasteiger partial charge in [-0.1, -0.05) is 0 Å². The van der Waals surface area contributed by atoms with E-state index in [-0.39, 0.29) is 5.88 Å². The predicted octanol–water partition coefficient (Wildman–Crippen LogP) is 0.486. The lowest BCUT2D eigenvalue weighted by molar-refractivity contribution is -0.139.